The first-order chi connectivity index (χ1) is 17.9. The number of rotatable bonds is 15. The van der Waals surface area contributed by atoms with Crippen LogP contribution in [0.5, 0.6) is 0 Å². The molecule has 0 fully saturated rings. The molecular weight excluding hydrogens is 782 g/mol. The molecule has 0 aromatic heterocycles. The van der Waals surface area contributed by atoms with Crippen LogP contribution in [0.25, 0.3) is 0 Å². The summed E-state index contributed by atoms with van der Waals surface area (Å²) in [4.78, 5) is 31.9. The van der Waals surface area contributed by atoms with Gasteiger partial charge in [0.15, 0.2) is 0 Å². The molecule has 242 valence electrons. The van der Waals surface area contributed by atoms with Gasteiger partial charge >= 0.3 is 82.8 Å². The Bertz CT molecular complexity index is 557. The predicted octanol–water partition coefficient (Wildman–Crippen LogP) is 6.64. The summed E-state index contributed by atoms with van der Waals surface area (Å²) in [6, 6.07) is 0. The molecule has 0 spiro atoms. The second-order valence-electron chi connectivity index (χ2n) is 13.7. The van der Waals surface area contributed by atoms with Crippen LogP contribution in [0, 0.1) is 16.2 Å². The van der Waals surface area contributed by atoms with Crippen molar-refractivity contribution in [2.24, 2.45) is 16.2 Å². The Hall–Kier alpha value is 2.14. The van der Waals surface area contributed by atoms with Crippen molar-refractivity contribution < 1.29 is 26.9 Å². The molecule has 0 unspecified atom stereocenters. The van der Waals surface area contributed by atoms with E-state index in [0.717, 1.165) is 38.5 Å². The Morgan fingerprint density at radius 1 is 0.419 bits per heavy atom. The Kier molecular flexibility index (Phi) is 52.0. The van der Waals surface area contributed by atoms with Crippen LogP contribution in [0.1, 0.15) is 159 Å². The van der Waals surface area contributed by atoms with E-state index in [0.29, 0.717) is 35.5 Å². The van der Waals surface area contributed by atoms with E-state index in [1.165, 1.54) is 38.5 Å². The van der Waals surface area contributed by atoms with Crippen molar-refractivity contribution in [3.05, 3.63) is 0 Å². The van der Waals surface area contributed by atoms with E-state index in [1.54, 1.807) is 0 Å². The zero-order valence-corrected chi connectivity index (χ0v) is 32.7. The van der Waals surface area contributed by atoms with Gasteiger partial charge in [0.05, 0.1) is 0 Å². The molecule has 0 atom stereocenters. The molecule has 43 heavy (non-hydrogen) atoms. The molecule has 0 aromatic carbocycles. The fourth-order valence-corrected chi connectivity index (χ4v) is 3.68. The molecule has 0 bridgehead atoms. The average Bonchev–Trinajstić information content (AvgIpc) is 2.81. The Morgan fingerprint density at radius 2 is 0.605 bits per heavy atom. The van der Waals surface area contributed by atoms with Gasteiger partial charge in [0, 0.05) is 19.3 Å². The van der Waals surface area contributed by atoms with Gasteiger partial charge in [-0.3, -0.25) is 14.4 Å². The van der Waals surface area contributed by atoms with Crippen LogP contribution in [0.4, 0.5) is 0 Å². The van der Waals surface area contributed by atoms with Crippen LogP contribution in [-0.2, 0) is 65.7 Å². The van der Waals surface area contributed by atoms with E-state index in [2.05, 4.69) is 114 Å². The second kappa shape index (κ2) is 37.0. The maximum absolute atomic E-state index is 10.6. The van der Waals surface area contributed by atoms with Crippen LogP contribution in [0.15, 0.2) is 0 Å². The zero-order chi connectivity index (χ0) is 31.0. The molecule has 2 radical (unpaired) electrons. The molecule has 0 amide bonds. The van der Waals surface area contributed by atoms with Gasteiger partial charge in [-0.05, 0) is 54.8 Å². The summed E-state index contributed by atoms with van der Waals surface area (Å²) in [7, 11) is 0. The number of carbonyl (C=O) groups excluding carboxylic acids is 3. The van der Waals surface area contributed by atoms with Crippen LogP contribution >= 0.6 is 0 Å². The molecular formula is C30H60BiLi3O6S3. The molecule has 0 heterocycles. The van der Waals surface area contributed by atoms with E-state index in [4.69, 9.17) is 0 Å². The average molecular weight is 843 g/mol. The SMILES string of the molecule is CC(C)(C)CCCCCC(=O)O[S-].CC(C)(C)CCCCCC(=O)O[S-].CC(C)(C)CCCCCC(=O)O[S-].[Bi+3].[LiH].[LiH].[LiH]. The fourth-order valence-electron chi connectivity index (χ4n) is 3.43. The standard InChI is InChI=1S/3C10H20O2S.Bi.3Li.3H/c3*1-10(2,3)8-6-4-5-7-9(11)12-13;;;;;;;/h3*13H,4-8H2,1-3H3;;;;;;;/q;;;+3;;;;;;/p-3. The Labute approximate surface area is 337 Å². The first-order valence-electron chi connectivity index (χ1n) is 14.3. The second-order valence-corrected chi connectivity index (χ2v) is 14.2. The monoisotopic (exact) mass is 842 g/mol. The van der Waals surface area contributed by atoms with Crippen molar-refractivity contribution in [1.29, 1.82) is 0 Å². The third kappa shape index (κ3) is 63.5. The summed E-state index contributed by atoms with van der Waals surface area (Å²) >= 11 is 12.5. The van der Waals surface area contributed by atoms with E-state index in [1.807, 2.05) is 0 Å². The molecule has 0 rings (SSSR count). The minimum absolute atomic E-state index is 0. The molecule has 6 nitrogen and oxygen atoms in total. The van der Waals surface area contributed by atoms with Gasteiger partial charge < -0.3 is 51.3 Å². The third-order valence-corrected chi connectivity index (χ3v) is 6.26. The van der Waals surface area contributed by atoms with Gasteiger partial charge in [-0.1, -0.05) is 101 Å². The summed E-state index contributed by atoms with van der Waals surface area (Å²) < 4.78 is 12.4. The molecule has 0 aliphatic rings. The van der Waals surface area contributed by atoms with Crippen LogP contribution < -0.4 is 0 Å². The first-order valence-corrected chi connectivity index (χ1v) is 15.3. The van der Waals surface area contributed by atoms with Crippen LogP contribution in [0.2, 0.25) is 0 Å². The van der Waals surface area contributed by atoms with Gasteiger partial charge in [-0.2, -0.15) is 0 Å². The molecule has 0 saturated carbocycles. The predicted molar refractivity (Wildman–Crippen MR) is 195 cm³/mol. The van der Waals surface area contributed by atoms with Gasteiger partial charge in [-0.15, -0.1) is 0 Å². The summed E-state index contributed by atoms with van der Waals surface area (Å²) in [5, 5.41) is 0. The van der Waals surface area contributed by atoms with Crippen molar-refractivity contribution in [2.75, 3.05) is 0 Å². The van der Waals surface area contributed by atoms with Crippen molar-refractivity contribution >= 4 is 139 Å². The summed E-state index contributed by atoms with van der Waals surface area (Å²) in [5.74, 6) is -0.817. The van der Waals surface area contributed by atoms with E-state index in [-0.39, 0.29) is 101 Å². The number of carbonyl (C=O) groups is 3. The molecule has 13 heteroatoms. The molecule has 0 aliphatic carbocycles. The molecule has 0 aromatic rings. The van der Waals surface area contributed by atoms with E-state index < -0.39 is 0 Å². The quantitative estimate of drug-likeness (QED) is 0.103. The van der Waals surface area contributed by atoms with E-state index in [9.17, 15) is 14.4 Å². The zero-order valence-electron chi connectivity index (χ0n) is 26.7. The summed E-state index contributed by atoms with van der Waals surface area (Å²) in [6.45, 7) is 20.0. The van der Waals surface area contributed by atoms with Crippen molar-refractivity contribution in [3.63, 3.8) is 0 Å². The molecule has 0 aliphatic heterocycles. The topological polar surface area (TPSA) is 78.9 Å². The summed E-state index contributed by atoms with van der Waals surface area (Å²) in [6.07, 6.45) is 14.5. The summed E-state index contributed by atoms with van der Waals surface area (Å²) in [5.41, 5.74) is 1.20. The Balaban J connectivity index is -0.0000000864. The number of unbranched alkanes of at least 4 members (excludes halogenated alkanes) is 6. The Morgan fingerprint density at radius 3 is 0.744 bits per heavy atom. The molecule has 0 saturated heterocycles. The fraction of sp³-hybridized carbons (Fsp3) is 0.900. The van der Waals surface area contributed by atoms with Gasteiger partial charge in [-0.25, -0.2) is 0 Å². The van der Waals surface area contributed by atoms with Crippen molar-refractivity contribution in [1.82, 2.24) is 0 Å². The normalized spacial score (nSPS) is 10.3. The van der Waals surface area contributed by atoms with Gasteiger partial charge in [0.25, 0.3) is 17.9 Å². The van der Waals surface area contributed by atoms with Crippen molar-refractivity contribution in [2.45, 2.75) is 159 Å². The molecule has 0 N–H and O–H groups in total. The van der Waals surface area contributed by atoms with Crippen molar-refractivity contribution in [3.8, 4) is 0 Å². The van der Waals surface area contributed by atoms with Gasteiger partial charge in [0.1, 0.15) is 0 Å². The number of hydrogen-bond acceptors (Lipinski definition) is 9. The number of hydrogen-bond donors (Lipinski definition) is 0. The van der Waals surface area contributed by atoms with Crippen LogP contribution in [0.3, 0.4) is 0 Å². The third-order valence-electron chi connectivity index (χ3n) is 5.70. The minimum atomic E-state index is -0.272. The van der Waals surface area contributed by atoms with Gasteiger partial charge in [0.2, 0.25) is 0 Å². The first kappa shape index (κ1) is 60.5. The van der Waals surface area contributed by atoms with Crippen LogP contribution in [-0.4, -0.2) is 101 Å². The maximum atomic E-state index is 10.6. The van der Waals surface area contributed by atoms with E-state index >= 15 is 0 Å².